The molecule has 0 amide bonds. The van der Waals surface area contributed by atoms with Gasteiger partial charge in [0.2, 0.25) is 0 Å². The molecule has 1 unspecified atom stereocenters. The van der Waals surface area contributed by atoms with Gasteiger partial charge in [0.25, 0.3) is 0 Å². The summed E-state index contributed by atoms with van der Waals surface area (Å²) >= 11 is 0. The van der Waals surface area contributed by atoms with Gasteiger partial charge in [-0.3, -0.25) is 0 Å². The SMILES string of the molecule is CCC1C=CN=CN1C. The number of nitrogens with zero attached hydrogens (tertiary/aromatic N) is 2. The molecule has 0 fully saturated rings. The zero-order valence-corrected chi connectivity index (χ0v) is 5.91. The van der Waals surface area contributed by atoms with Gasteiger partial charge in [-0.05, 0) is 12.5 Å². The molecule has 50 valence electrons. The van der Waals surface area contributed by atoms with E-state index in [-0.39, 0.29) is 0 Å². The van der Waals surface area contributed by atoms with Crippen molar-refractivity contribution in [2.75, 3.05) is 7.05 Å². The average Bonchev–Trinajstić information content (AvgIpc) is 1.89. The molecule has 2 heteroatoms. The summed E-state index contributed by atoms with van der Waals surface area (Å²) in [5.41, 5.74) is 0. The first-order valence-corrected chi connectivity index (χ1v) is 3.26. The Morgan fingerprint density at radius 1 is 1.67 bits per heavy atom. The van der Waals surface area contributed by atoms with Crippen molar-refractivity contribution >= 4 is 6.34 Å². The van der Waals surface area contributed by atoms with Gasteiger partial charge in [0.05, 0.1) is 6.34 Å². The summed E-state index contributed by atoms with van der Waals surface area (Å²) in [4.78, 5) is 6.09. The molecule has 0 aromatic heterocycles. The minimum Gasteiger partial charge on any atom is -0.359 e. The van der Waals surface area contributed by atoms with Gasteiger partial charge in [-0.25, -0.2) is 4.99 Å². The van der Waals surface area contributed by atoms with Gasteiger partial charge in [-0.1, -0.05) is 6.92 Å². The Balaban J connectivity index is 2.55. The Kier molecular flexibility index (Phi) is 1.88. The predicted molar refractivity (Wildman–Crippen MR) is 39.5 cm³/mol. The minimum absolute atomic E-state index is 0.558. The summed E-state index contributed by atoms with van der Waals surface area (Å²) in [6.07, 6.45) is 6.97. The van der Waals surface area contributed by atoms with Gasteiger partial charge in [0.15, 0.2) is 0 Å². The molecular formula is C7H12N2. The summed E-state index contributed by atoms with van der Waals surface area (Å²) in [7, 11) is 2.04. The Morgan fingerprint density at radius 3 is 2.89 bits per heavy atom. The number of hydrogen-bond donors (Lipinski definition) is 0. The van der Waals surface area contributed by atoms with Gasteiger partial charge < -0.3 is 4.90 Å². The quantitative estimate of drug-likeness (QED) is 0.513. The second-order valence-electron chi connectivity index (χ2n) is 2.25. The standard InChI is InChI=1S/C7H12N2/c1-3-7-4-5-8-6-9(7)2/h4-7H,3H2,1-2H3. The molecule has 0 radical (unpaired) electrons. The molecule has 9 heavy (non-hydrogen) atoms. The van der Waals surface area contributed by atoms with Crippen molar-refractivity contribution in [2.45, 2.75) is 19.4 Å². The summed E-state index contributed by atoms with van der Waals surface area (Å²) < 4.78 is 0. The lowest BCUT2D eigenvalue weighted by Crippen LogP contribution is -2.29. The summed E-state index contributed by atoms with van der Waals surface area (Å²) in [5.74, 6) is 0. The first-order valence-electron chi connectivity index (χ1n) is 3.26. The van der Waals surface area contributed by atoms with E-state index in [0.29, 0.717) is 6.04 Å². The molecule has 0 spiro atoms. The fourth-order valence-electron chi connectivity index (χ4n) is 0.938. The van der Waals surface area contributed by atoms with E-state index < -0.39 is 0 Å². The first kappa shape index (κ1) is 6.33. The summed E-state index contributed by atoms with van der Waals surface area (Å²) in [6.45, 7) is 2.17. The van der Waals surface area contributed by atoms with Gasteiger partial charge >= 0.3 is 0 Å². The minimum atomic E-state index is 0.558. The van der Waals surface area contributed by atoms with Crippen LogP contribution in [0.25, 0.3) is 0 Å². The Hall–Kier alpha value is -0.790. The van der Waals surface area contributed by atoms with E-state index >= 15 is 0 Å². The van der Waals surface area contributed by atoms with Crippen LogP contribution in [0, 0.1) is 0 Å². The van der Waals surface area contributed by atoms with Crippen LogP contribution in [0.2, 0.25) is 0 Å². The van der Waals surface area contributed by atoms with Crippen molar-refractivity contribution in [3.8, 4) is 0 Å². The molecule has 0 aromatic rings. The van der Waals surface area contributed by atoms with Crippen LogP contribution in [0.15, 0.2) is 17.3 Å². The molecule has 0 aromatic carbocycles. The van der Waals surface area contributed by atoms with Gasteiger partial charge in [-0.2, -0.15) is 0 Å². The maximum Gasteiger partial charge on any atom is 0.0907 e. The van der Waals surface area contributed by atoms with Crippen LogP contribution in [0.4, 0.5) is 0 Å². The van der Waals surface area contributed by atoms with Crippen LogP contribution in [0.1, 0.15) is 13.3 Å². The maximum atomic E-state index is 3.98. The predicted octanol–water partition coefficient (Wildman–Crippen LogP) is 1.25. The molecule has 1 rings (SSSR count). The van der Waals surface area contributed by atoms with E-state index in [1.807, 2.05) is 19.6 Å². The van der Waals surface area contributed by atoms with E-state index in [9.17, 15) is 0 Å². The van der Waals surface area contributed by atoms with Crippen LogP contribution in [0.3, 0.4) is 0 Å². The lowest BCUT2D eigenvalue weighted by molar-refractivity contribution is 0.421. The molecule has 0 saturated carbocycles. The van der Waals surface area contributed by atoms with Gasteiger partial charge in [0.1, 0.15) is 0 Å². The number of hydrogen-bond acceptors (Lipinski definition) is 2. The van der Waals surface area contributed by atoms with Gasteiger partial charge in [-0.15, -0.1) is 0 Å². The van der Waals surface area contributed by atoms with Crippen LogP contribution < -0.4 is 0 Å². The van der Waals surface area contributed by atoms with Crippen molar-refractivity contribution in [3.63, 3.8) is 0 Å². The van der Waals surface area contributed by atoms with Crippen LogP contribution in [-0.4, -0.2) is 24.3 Å². The third-order valence-electron chi connectivity index (χ3n) is 1.58. The van der Waals surface area contributed by atoms with Crippen molar-refractivity contribution in [3.05, 3.63) is 12.3 Å². The Bertz CT molecular complexity index is 138. The fraction of sp³-hybridized carbons (Fsp3) is 0.571. The molecule has 0 aliphatic carbocycles. The molecular weight excluding hydrogens is 112 g/mol. The topological polar surface area (TPSA) is 15.6 Å². The highest BCUT2D eigenvalue weighted by Gasteiger charge is 2.06. The zero-order valence-electron chi connectivity index (χ0n) is 5.91. The average molecular weight is 124 g/mol. The van der Waals surface area contributed by atoms with E-state index in [1.54, 1.807) is 0 Å². The van der Waals surface area contributed by atoms with Gasteiger partial charge in [0, 0.05) is 19.3 Å². The molecule has 2 nitrogen and oxygen atoms in total. The molecule has 0 saturated heterocycles. The number of aliphatic imine (C=N–C) groups is 1. The smallest absolute Gasteiger partial charge is 0.0907 e. The van der Waals surface area contributed by atoms with Crippen molar-refractivity contribution in [1.82, 2.24) is 4.90 Å². The summed E-state index contributed by atoms with van der Waals surface area (Å²) in [5, 5.41) is 0. The lowest BCUT2D eigenvalue weighted by Gasteiger charge is -2.23. The normalized spacial score (nSPS) is 25.1. The Labute approximate surface area is 55.9 Å². The third-order valence-corrected chi connectivity index (χ3v) is 1.58. The molecule has 1 aliphatic heterocycles. The second kappa shape index (κ2) is 2.67. The summed E-state index contributed by atoms with van der Waals surface area (Å²) in [6, 6.07) is 0.558. The Morgan fingerprint density at radius 2 is 2.44 bits per heavy atom. The molecule has 1 aliphatic rings. The van der Waals surface area contributed by atoms with Crippen LogP contribution in [-0.2, 0) is 0 Å². The highest BCUT2D eigenvalue weighted by molar-refractivity contribution is 5.57. The molecule has 1 heterocycles. The molecule has 0 bridgehead atoms. The molecule has 1 atom stereocenters. The van der Waals surface area contributed by atoms with Crippen LogP contribution >= 0.6 is 0 Å². The van der Waals surface area contributed by atoms with E-state index in [4.69, 9.17) is 0 Å². The van der Waals surface area contributed by atoms with Crippen LogP contribution in [0.5, 0.6) is 0 Å². The first-order chi connectivity index (χ1) is 4.34. The number of likely N-dealkylation sites (N-methyl/N-ethyl adjacent to an activating group) is 1. The maximum absolute atomic E-state index is 3.98. The largest absolute Gasteiger partial charge is 0.359 e. The lowest BCUT2D eigenvalue weighted by atomic mass is 10.2. The van der Waals surface area contributed by atoms with Crippen molar-refractivity contribution in [2.24, 2.45) is 4.99 Å². The van der Waals surface area contributed by atoms with Crippen molar-refractivity contribution < 1.29 is 0 Å². The number of rotatable bonds is 1. The van der Waals surface area contributed by atoms with E-state index in [1.165, 1.54) is 0 Å². The second-order valence-corrected chi connectivity index (χ2v) is 2.25. The van der Waals surface area contributed by atoms with E-state index in [0.717, 1.165) is 6.42 Å². The third kappa shape index (κ3) is 1.31. The highest BCUT2D eigenvalue weighted by Crippen LogP contribution is 2.04. The highest BCUT2D eigenvalue weighted by atomic mass is 15.2. The monoisotopic (exact) mass is 124 g/mol. The zero-order chi connectivity index (χ0) is 6.69. The molecule has 0 N–H and O–H groups in total. The fourth-order valence-corrected chi connectivity index (χ4v) is 0.938. The van der Waals surface area contributed by atoms with Crippen molar-refractivity contribution in [1.29, 1.82) is 0 Å². The van der Waals surface area contributed by atoms with E-state index in [2.05, 4.69) is 22.9 Å².